The number of rotatable bonds is 7. The molecule has 1 fully saturated rings. The van der Waals surface area contributed by atoms with E-state index in [1.165, 1.54) is 23.5 Å². The highest BCUT2D eigenvalue weighted by Crippen LogP contribution is 2.31. The van der Waals surface area contributed by atoms with Crippen molar-refractivity contribution in [1.29, 1.82) is 0 Å². The van der Waals surface area contributed by atoms with E-state index in [2.05, 4.69) is 5.32 Å². The summed E-state index contributed by atoms with van der Waals surface area (Å²) in [5.74, 6) is 0.357. The second-order valence-electron chi connectivity index (χ2n) is 7.08. The molecule has 0 spiro atoms. The smallest absolute Gasteiger partial charge is 0.262 e. The number of hydrogen-bond acceptors (Lipinski definition) is 5. The monoisotopic (exact) mass is 452 g/mol. The first-order valence-corrected chi connectivity index (χ1v) is 11.5. The second-order valence-corrected chi connectivity index (χ2v) is 9.39. The predicted molar refractivity (Wildman–Crippen MR) is 116 cm³/mol. The van der Waals surface area contributed by atoms with Crippen LogP contribution in [0.3, 0.4) is 0 Å². The summed E-state index contributed by atoms with van der Waals surface area (Å²) < 4.78 is 38.4. The summed E-state index contributed by atoms with van der Waals surface area (Å²) >= 11 is 5.99. The van der Waals surface area contributed by atoms with Crippen LogP contribution in [0.5, 0.6) is 11.5 Å². The number of sulfonamides is 1. The highest BCUT2D eigenvalue weighted by molar-refractivity contribution is 7.89. The Kier molecular flexibility index (Phi) is 7.23. The van der Waals surface area contributed by atoms with Crippen LogP contribution in [0.15, 0.2) is 41.3 Å². The summed E-state index contributed by atoms with van der Waals surface area (Å²) in [5, 5.41) is 3.29. The van der Waals surface area contributed by atoms with Crippen LogP contribution in [-0.2, 0) is 14.8 Å². The van der Waals surface area contributed by atoms with E-state index in [1.54, 1.807) is 24.3 Å². The number of methoxy groups -OCH3 is 1. The molecule has 1 saturated heterocycles. The number of carbonyl (C=O) groups excluding carboxylic acids is 1. The Morgan fingerprint density at radius 3 is 2.53 bits per heavy atom. The molecule has 7 nitrogen and oxygen atoms in total. The maximum absolute atomic E-state index is 13.1. The molecule has 1 aliphatic rings. The SMILES string of the molecule is COc1ccc(NC(=O)COc2ccc(Cl)c(C)c2)cc1S(=O)(=O)N1CCCCC1. The Balaban J connectivity index is 1.72. The van der Waals surface area contributed by atoms with E-state index >= 15 is 0 Å². The van der Waals surface area contributed by atoms with Crippen molar-refractivity contribution < 1.29 is 22.7 Å². The third kappa shape index (κ3) is 5.24. The molecule has 0 unspecified atom stereocenters. The summed E-state index contributed by atoms with van der Waals surface area (Å²) in [6, 6.07) is 9.68. The minimum atomic E-state index is -3.71. The number of ether oxygens (including phenoxy) is 2. The highest BCUT2D eigenvalue weighted by atomic mass is 35.5. The van der Waals surface area contributed by atoms with Gasteiger partial charge >= 0.3 is 0 Å². The third-order valence-corrected chi connectivity index (χ3v) is 7.22. The molecule has 162 valence electrons. The first-order valence-electron chi connectivity index (χ1n) is 9.68. The molecule has 0 atom stereocenters. The van der Waals surface area contributed by atoms with Crippen LogP contribution in [-0.4, -0.2) is 45.4 Å². The van der Waals surface area contributed by atoms with Gasteiger partial charge in [-0.15, -0.1) is 0 Å². The average molecular weight is 453 g/mol. The van der Waals surface area contributed by atoms with Crippen molar-refractivity contribution in [3.63, 3.8) is 0 Å². The van der Waals surface area contributed by atoms with Crippen molar-refractivity contribution in [3.8, 4) is 11.5 Å². The number of benzene rings is 2. The van der Waals surface area contributed by atoms with Gasteiger partial charge in [0.2, 0.25) is 10.0 Å². The Morgan fingerprint density at radius 2 is 1.87 bits per heavy atom. The van der Waals surface area contributed by atoms with Gasteiger partial charge in [-0.05, 0) is 61.7 Å². The number of aryl methyl sites for hydroxylation is 1. The zero-order valence-corrected chi connectivity index (χ0v) is 18.6. The molecule has 0 saturated carbocycles. The van der Waals surface area contributed by atoms with Gasteiger partial charge in [-0.25, -0.2) is 8.42 Å². The molecule has 0 aliphatic carbocycles. The van der Waals surface area contributed by atoms with Crippen molar-refractivity contribution in [3.05, 3.63) is 47.0 Å². The van der Waals surface area contributed by atoms with Gasteiger partial charge in [0.15, 0.2) is 6.61 Å². The van der Waals surface area contributed by atoms with Gasteiger partial charge in [0.1, 0.15) is 16.4 Å². The van der Waals surface area contributed by atoms with Gasteiger partial charge in [0.25, 0.3) is 5.91 Å². The topological polar surface area (TPSA) is 84.9 Å². The lowest BCUT2D eigenvalue weighted by molar-refractivity contribution is -0.118. The molecule has 3 rings (SSSR count). The summed E-state index contributed by atoms with van der Waals surface area (Å²) in [7, 11) is -2.29. The zero-order valence-electron chi connectivity index (χ0n) is 17.0. The van der Waals surface area contributed by atoms with E-state index in [0.29, 0.717) is 29.5 Å². The molecule has 1 aliphatic heterocycles. The summed E-state index contributed by atoms with van der Waals surface area (Å²) in [5.41, 5.74) is 1.20. The number of piperidine rings is 1. The van der Waals surface area contributed by atoms with Gasteiger partial charge < -0.3 is 14.8 Å². The number of anilines is 1. The number of nitrogens with zero attached hydrogens (tertiary/aromatic N) is 1. The lowest BCUT2D eigenvalue weighted by Gasteiger charge is -2.26. The number of carbonyl (C=O) groups is 1. The van der Waals surface area contributed by atoms with Crippen LogP contribution < -0.4 is 14.8 Å². The first-order chi connectivity index (χ1) is 14.3. The molecule has 0 bridgehead atoms. The first kappa shape index (κ1) is 22.4. The number of hydrogen-bond donors (Lipinski definition) is 1. The minimum absolute atomic E-state index is 0.0407. The van der Waals surface area contributed by atoms with Crippen LogP contribution in [0.1, 0.15) is 24.8 Å². The van der Waals surface area contributed by atoms with Gasteiger partial charge in [-0.1, -0.05) is 18.0 Å². The van der Waals surface area contributed by atoms with Crippen LogP contribution in [0.4, 0.5) is 5.69 Å². The summed E-state index contributed by atoms with van der Waals surface area (Å²) in [6.07, 6.45) is 2.69. The maximum atomic E-state index is 13.1. The van der Waals surface area contributed by atoms with Crippen LogP contribution >= 0.6 is 11.6 Å². The quantitative estimate of drug-likeness (QED) is 0.689. The Hall–Kier alpha value is -2.29. The highest BCUT2D eigenvalue weighted by Gasteiger charge is 2.29. The molecule has 2 aromatic carbocycles. The largest absolute Gasteiger partial charge is 0.495 e. The summed E-state index contributed by atoms with van der Waals surface area (Å²) in [4.78, 5) is 12.3. The standard InChI is InChI=1S/C21H25ClN2O5S/c1-15-12-17(7-8-18(15)22)29-14-21(25)23-16-6-9-19(28-2)20(13-16)30(26,27)24-10-4-3-5-11-24/h6-9,12-13H,3-5,10-11,14H2,1-2H3,(H,23,25). The predicted octanol–water partition coefficient (Wildman–Crippen LogP) is 3.85. The molecule has 1 amide bonds. The molecule has 1 N–H and O–H groups in total. The number of amides is 1. The summed E-state index contributed by atoms with van der Waals surface area (Å²) in [6.45, 7) is 2.59. The third-order valence-electron chi connectivity index (χ3n) is 4.88. The minimum Gasteiger partial charge on any atom is -0.495 e. The van der Waals surface area contributed by atoms with E-state index in [9.17, 15) is 13.2 Å². The van der Waals surface area contributed by atoms with Gasteiger partial charge in [0, 0.05) is 23.8 Å². The zero-order chi connectivity index (χ0) is 21.7. The normalized spacial score (nSPS) is 14.9. The molecular weight excluding hydrogens is 428 g/mol. The Bertz CT molecular complexity index is 1020. The van der Waals surface area contributed by atoms with Gasteiger partial charge in [-0.2, -0.15) is 4.31 Å². The van der Waals surface area contributed by atoms with Gasteiger partial charge in [-0.3, -0.25) is 4.79 Å². The lowest BCUT2D eigenvalue weighted by Crippen LogP contribution is -2.35. The number of halogens is 1. The van der Waals surface area contributed by atoms with E-state index in [0.717, 1.165) is 24.8 Å². The van der Waals surface area contributed by atoms with E-state index < -0.39 is 15.9 Å². The van der Waals surface area contributed by atoms with Crippen molar-refractivity contribution in [2.75, 3.05) is 32.1 Å². The molecule has 30 heavy (non-hydrogen) atoms. The number of nitrogens with one attached hydrogen (secondary N) is 1. The fraction of sp³-hybridized carbons (Fsp3) is 0.381. The molecule has 2 aromatic rings. The Morgan fingerprint density at radius 1 is 1.13 bits per heavy atom. The Labute approximate surface area is 182 Å². The molecule has 1 heterocycles. The van der Waals surface area contributed by atoms with Crippen LogP contribution in [0.2, 0.25) is 5.02 Å². The van der Waals surface area contributed by atoms with Gasteiger partial charge in [0.05, 0.1) is 7.11 Å². The fourth-order valence-corrected chi connectivity index (χ4v) is 5.07. The maximum Gasteiger partial charge on any atom is 0.262 e. The van der Waals surface area contributed by atoms with Crippen molar-refractivity contribution in [2.45, 2.75) is 31.1 Å². The van der Waals surface area contributed by atoms with Crippen molar-refractivity contribution in [2.24, 2.45) is 0 Å². The van der Waals surface area contributed by atoms with E-state index in [-0.39, 0.29) is 17.3 Å². The fourth-order valence-electron chi connectivity index (χ4n) is 3.25. The second kappa shape index (κ2) is 9.68. The molecule has 9 heteroatoms. The van der Waals surface area contributed by atoms with Crippen LogP contribution in [0.25, 0.3) is 0 Å². The molecule has 0 aromatic heterocycles. The van der Waals surface area contributed by atoms with E-state index in [1.807, 2.05) is 6.92 Å². The van der Waals surface area contributed by atoms with Crippen molar-refractivity contribution in [1.82, 2.24) is 4.31 Å². The average Bonchev–Trinajstić information content (AvgIpc) is 2.75. The van der Waals surface area contributed by atoms with Crippen molar-refractivity contribution >= 4 is 33.2 Å². The van der Waals surface area contributed by atoms with Crippen LogP contribution in [0, 0.1) is 6.92 Å². The molecule has 0 radical (unpaired) electrons. The molecular formula is C21H25ClN2O5S. The van der Waals surface area contributed by atoms with E-state index in [4.69, 9.17) is 21.1 Å². The lowest BCUT2D eigenvalue weighted by atomic mass is 10.2.